The van der Waals surface area contributed by atoms with Gasteiger partial charge >= 0.3 is 0 Å². The molecule has 106 valence electrons. The Morgan fingerprint density at radius 1 is 1.42 bits per heavy atom. The monoisotopic (exact) mass is 323 g/mol. The second-order valence-electron chi connectivity index (χ2n) is 4.25. The van der Waals surface area contributed by atoms with Gasteiger partial charge in [-0.25, -0.2) is 0 Å². The number of halogens is 2. The van der Waals surface area contributed by atoms with Crippen LogP contribution in [0.1, 0.15) is 30.1 Å². The predicted octanol–water partition coefficient (Wildman–Crippen LogP) is 2.76. The zero-order valence-corrected chi connectivity index (χ0v) is 12.7. The molecule has 0 saturated carbocycles. The summed E-state index contributed by atoms with van der Waals surface area (Å²) < 4.78 is 0.805. The van der Waals surface area contributed by atoms with E-state index < -0.39 is 0 Å². The number of Topliss-reactive ketones (excluding diaryl/α,β-unsaturated/α-hetero) is 1. The van der Waals surface area contributed by atoms with Gasteiger partial charge in [0.25, 0.3) is 0 Å². The van der Waals surface area contributed by atoms with Gasteiger partial charge in [0.2, 0.25) is 5.91 Å². The molecular formula is C12H15Cl2NO3S. The van der Waals surface area contributed by atoms with Crippen molar-refractivity contribution in [3.05, 3.63) is 20.3 Å². The highest BCUT2D eigenvalue weighted by Crippen LogP contribution is 2.32. The number of amides is 1. The minimum Gasteiger partial charge on any atom is -0.396 e. The topological polar surface area (TPSA) is 66.4 Å². The zero-order valence-electron chi connectivity index (χ0n) is 10.4. The minimum absolute atomic E-state index is 0.00442. The third-order valence-electron chi connectivity index (χ3n) is 2.50. The van der Waals surface area contributed by atoms with Gasteiger partial charge in [0.15, 0.2) is 5.78 Å². The van der Waals surface area contributed by atoms with Crippen LogP contribution in [0.2, 0.25) is 8.67 Å². The molecule has 4 nitrogen and oxygen atoms in total. The molecule has 0 fully saturated rings. The summed E-state index contributed by atoms with van der Waals surface area (Å²) in [4.78, 5) is 23.3. The fourth-order valence-corrected chi connectivity index (χ4v) is 2.83. The lowest BCUT2D eigenvalue weighted by molar-refractivity contribution is -0.121. The standard InChI is InChI=1S/C12H15Cl2NO3S/c1-7(6-16)5-15-11(18)3-2-9(17)8-4-10(13)19-12(8)14/h4,7,16H,2-3,5-6H2,1H3,(H,15,18). The molecule has 0 aliphatic rings. The largest absolute Gasteiger partial charge is 0.396 e. The summed E-state index contributed by atoms with van der Waals surface area (Å²) in [6.45, 7) is 2.23. The van der Waals surface area contributed by atoms with Crippen LogP contribution < -0.4 is 5.32 Å². The maximum absolute atomic E-state index is 11.8. The molecule has 1 atom stereocenters. The Kier molecular flexibility index (Phi) is 6.79. The number of carbonyl (C=O) groups excluding carboxylic acids is 2. The number of aliphatic hydroxyl groups is 1. The van der Waals surface area contributed by atoms with Gasteiger partial charge in [0.05, 0.1) is 4.34 Å². The van der Waals surface area contributed by atoms with E-state index in [1.165, 1.54) is 6.07 Å². The SMILES string of the molecule is CC(CO)CNC(=O)CCC(=O)c1cc(Cl)sc1Cl. The fourth-order valence-electron chi connectivity index (χ4n) is 1.33. The molecule has 0 aliphatic carbocycles. The number of nitrogens with one attached hydrogen (secondary N) is 1. The van der Waals surface area contributed by atoms with E-state index in [1.807, 2.05) is 6.92 Å². The van der Waals surface area contributed by atoms with Gasteiger partial charge in [0, 0.05) is 31.6 Å². The Balaban J connectivity index is 2.38. The molecule has 1 aromatic rings. The smallest absolute Gasteiger partial charge is 0.220 e. The van der Waals surface area contributed by atoms with Crippen LogP contribution in [-0.2, 0) is 4.79 Å². The quantitative estimate of drug-likeness (QED) is 0.758. The lowest BCUT2D eigenvalue weighted by Gasteiger charge is -2.09. The number of ketones is 1. The van der Waals surface area contributed by atoms with Crippen molar-refractivity contribution >= 4 is 46.2 Å². The molecule has 0 spiro atoms. The van der Waals surface area contributed by atoms with E-state index in [0.717, 1.165) is 11.3 Å². The third-order valence-corrected chi connectivity index (χ3v) is 3.98. The van der Waals surface area contributed by atoms with E-state index >= 15 is 0 Å². The van der Waals surface area contributed by atoms with E-state index in [4.69, 9.17) is 28.3 Å². The highest BCUT2D eigenvalue weighted by molar-refractivity contribution is 7.20. The molecular weight excluding hydrogens is 309 g/mol. The fraction of sp³-hybridized carbons (Fsp3) is 0.500. The van der Waals surface area contributed by atoms with Crippen LogP contribution in [0.3, 0.4) is 0 Å². The summed E-state index contributed by atoms with van der Waals surface area (Å²) in [5.74, 6) is -0.408. The van der Waals surface area contributed by atoms with Crippen molar-refractivity contribution in [2.45, 2.75) is 19.8 Å². The Morgan fingerprint density at radius 3 is 2.63 bits per heavy atom. The van der Waals surface area contributed by atoms with Crippen LogP contribution >= 0.6 is 34.5 Å². The van der Waals surface area contributed by atoms with Gasteiger partial charge in [0.1, 0.15) is 4.34 Å². The molecule has 0 aliphatic heterocycles. The van der Waals surface area contributed by atoms with E-state index in [-0.39, 0.29) is 37.1 Å². The highest BCUT2D eigenvalue weighted by atomic mass is 35.5. The number of hydrogen-bond donors (Lipinski definition) is 2. The summed E-state index contributed by atoms with van der Waals surface area (Å²) in [7, 11) is 0. The van der Waals surface area contributed by atoms with Crippen LogP contribution in [0, 0.1) is 5.92 Å². The molecule has 19 heavy (non-hydrogen) atoms. The first-order chi connectivity index (χ1) is 8.93. The molecule has 7 heteroatoms. The Bertz CT molecular complexity index is 462. The highest BCUT2D eigenvalue weighted by Gasteiger charge is 2.15. The average molecular weight is 324 g/mol. The van der Waals surface area contributed by atoms with Gasteiger partial charge in [-0.1, -0.05) is 30.1 Å². The third kappa shape index (κ3) is 5.48. The van der Waals surface area contributed by atoms with Gasteiger partial charge in [-0.15, -0.1) is 11.3 Å². The molecule has 1 heterocycles. The van der Waals surface area contributed by atoms with Crippen molar-refractivity contribution in [2.75, 3.05) is 13.2 Å². The van der Waals surface area contributed by atoms with E-state index in [9.17, 15) is 9.59 Å². The first-order valence-electron chi connectivity index (χ1n) is 5.79. The van der Waals surface area contributed by atoms with Crippen LogP contribution in [0.5, 0.6) is 0 Å². The second kappa shape index (κ2) is 7.85. The molecule has 0 saturated heterocycles. The van der Waals surface area contributed by atoms with Crippen LogP contribution in [0.15, 0.2) is 6.07 Å². The van der Waals surface area contributed by atoms with E-state index in [1.54, 1.807) is 0 Å². The van der Waals surface area contributed by atoms with Crippen molar-refractivity contribution in [1.29, 1.82) is 0 Å². The van der Waals surface area contributed by atoms with E-state index in [2.05, 4.69) is 5.32 Å². The first kappa shape index (κ1) is 16.4. The van der Waals surface area contributed by atoms with Crippen molar-refractivity contribution in [3.8, 4) is 0 Å². The molecule has 0 aromatic carbocycles. The maximum Gasteiger partial charge on any atom is 0.220 e. The first-order valence-corrected chi connectivity index (χ1v) is 7.36. The summed E-state index contributed by atoms with van der Waals surface area (Å²) in [6.07, 6.45) is 0.187. The molecule has 2 N–H and O–H groups in total. The summed E-state index contributed by atoms with van der Waals surface area (Å²) in [5.41, 5.74) is 0.369. The second-order valence-corrected chi connectivity index (χ2v) is 6.54. The Labute approximate surface area is 125 Å². The van der Waals surface area contributed by atoms with Crippen molar-refractivity contribution < 1.29 is 14.7 Å². The molecule has 1 amide bonds. The average Bonchev–Trinajstić information content (AvgIpc) is 2.72. The summed E-state index contributed by atoms with van der Waals surface area (Å²) in [5, 5.41) is 11.5. The summed E-state index contributed by atoms with van der Waals surface area (Å²) >= 11 is 12.7. The van der Waals surface area contributed by atoms with Crippen LogP contribution in [0.4, 0.5) is 0 Å². The molecule has 1 unspecified atom stereocenters. The van der Waals surface area contributed by atoms with E-state index in [0.29, 0.717) is 20.8 Å². The molecule has 1 rings (SSSR count). The Hall–Kier alpha value is -0.620. The van der Waals surface area contributed by atoms with Crippen molar-refractivity contribution in [1.82, 2.24) is 5.32 Å². The van der Waals surface area contributed by atoms with Gasteiger partial charge in [-0.05, 0) is 12.0 Å². The van der Waals surface area contributed by atoms with Crippen molar-refractivity contribution in [2.24, 2.45) is 5.92 Å². The normalized spacial score (nSPS) is 12.2. The number of thiophene rings is 1. The minimum atomic E-state index is -0.217. The van der Waals surface area contributed by atoms with Crippen molar-refractivity contribution in [3.63, 3.8) is 0 Å². The number of hydrogen-bond acceptors (Lipinski definition) is 4. The van der Waals surface area contributed by atoms with Gasteiger partial charge in [-0.3, -0.25) is 9.59 Å². The number of aliphatic hydroxyl groups excluding tert-OH is 1. The Morgan fingerprint density at radius 2 is 2.11 bits per heavy atom. The molecule has 0 bridgehead atoms. The molecule has 1 aromatic heterocycles. The zero-order chi connectivity index (χ0) is 14.4. The lowest BCUT2D eigenvalue weighted by Crippen LogP contribution is -2.29. The van der Waals surface area contributed by atoms with Gasteiger partial charge in [-0.2, -0.15) is 0 Å². The van der Waals surface area contributed by atoms with Crippen LogP contribution in [-0.4, -0.2) is 29.9 Å². The number of carbonyl (C=O) groups is 2. The lowest BCUT2D eigenvalue weighted by atomic mass is 10.1. The summed E-state index contributed by atoms with van der Waals surface area (Å²) in [6, 6.07) is 1.52. The number of rotatable bonds is 7. The van der Waals surface area contributed by atoms with Gasteiger partial charge < -0.3 is 10.4 Å². The predicted molar refractivity (Wildman–Crippen MR) is 77.2 cm³/mol. The maximum atomic E-state index is 11.8. The molecule has 0 radical (unpaired) electrons. The van der Waals surface area contributed by atoms with Crippen LogP contribution in [0.25, 0.3) is 0 Å².